The first kappa shape index (κ1) is 23.1. The van der Waals surface area contributed by atoms with Gasteiger partial charge in [0.1, 0.15) is 0 Å². The van der Waals surface area contributed by atoms with Crippen LogP contribution in [0.5, 0.6) is 5.88 Å². The normalized spacial score (nSPS) is 21.4. The fraction of sp³-hybridized carbons (Fsp3) is 0.667. The van der Waals surface area contributed by atoms with E-state index in [1.54, 1.807) is 13.3 Å². The molecule has 0 bridgehead atoms. The number of aliphatic imine (C=N–C) groups is 1. The number of nitrogens with one attached hydrogen (secondary N) is 2. The Morgan fingerprint density at radius 3 is 2.81 bits per heavy atom. The second-order valence-corrected chi connectivity index (χ2v) is 8.21. The highest BCUT2D eigenvalue weighted by Gasteiger charge is 2.25. The third-order valence-electron chi connectivity index (χ3n) is 4.39. The van der Waals surface area contributed by atoms with Gasteiger partial charge in [-0.15, -0.1) is 24.0 Å². The summed E-state index contributed by atoms with van der Waals surface area (Å²) in [7, 11) is 0.898. The number of guanidine groups is 1. The van der Waals surface area contributed by atoms with Crippen molar-refractivity contribution in [3.8, 4) is 5.88 Å². The number of aromatic nitrogens is 1. The summed E-state index contributed by atoms with van der Waals surface area (Å²) >= 11 is 0. The van der Waals surface area contributed by atoms with Crippen LogP contribution < -0.4 is 15.4 Å². The maximum atomic E-state index is 12.1. The summed E-state index contributed by atoms with van der Waals surface area (Å²) in [5.74, 6) is 2.16. The summed E-state index contributed by atoms with van der Waals surface area (Å²) in [6.07, 6.45) is 6.04. The van der Waals surface area contributed by atoms with Gasteiger partial charge in [-0.1, -0.05) is 19.4 Å². The smallest absolute Gasteiger partial charge is 0.212 e. The Labute approximate surface area is 176 Å². The van der Waals surface area contributed by atoms with Crippen LogP contribution >= 0.6 is 24.0 Å². The van der Waals surface area contributed by atoms with Crippen LogP contribution in [-0.4, -0.2) is 45.9 Å². The second kappa shape index (κ2) is 12.5. The van der Waals surface area contributed by atoms with E-state index in [1.165, 1.54) is 0 Å². The molecule has 0 saturated heterocycles. The highest BCUT2D eigenvalue weighted by Crippen LogP contribution is 2.23. The van der Waals surface area contributed by atoms with E-state index in [9.17, 15) is 4.21 Å². The molecule has 6 nitrogen and oxygen atoms in total. The molecule has 0 aromatic carbocycles. The van der Waals surface area contributed by atoms with Gasteiger partial charge in [0.05, 0.1) is 13.7 Å². The SMILES string of the molecule is CCNC(=NCc1ccc(OC)nc1)NC1CCCC(S(=O)CC)C1.I. The van der Waals surface area contributed by atoms with Gasteiger partial charge in [-0.25, -0.2) is 9.98 Å². The Morgan fingerprint density at radius 1 is 1.38 bits per heavy atom. The number of hydrogen-bond acceptors (Lipinski definition) is 4. The summed E-state index contributed by atoms with van der Waals surface area (Å²) < 4.78 is 17.2. The zero-order valence-corrected chi connectivity index (χ0v) is 19.0. The molecule has 0 amide bonds. The van der Waals surface area contributed by atoms with E-state index in [4.69, 9.17) is 4.74 Å². The van der Waals surface area contributed by atoms with Gasteiger partial charge in [-0.05, 0) is 31.7 Å². The Morgan fingerprint density at radius 2 is 2.19 bits per heavy atom. The van der Waals surface area contributed by atoms with Crippen molar-refractivity contribution in [2.45, 2.75) is 57.4 Å². The molecule has 26 heavy (non-hydrogen) atoms. The van der Waals surface area contributed by atoms with Gasteiger partial charge in [0.2, 0.25) is 5.88 Å². The molecule has 3 unspecified atom stereocenters. The average molecular weight is 494 g/mol. The Balaban J connectivity index is 0.00000338. The molecule has 0 radical (unpaired) electrons. The molecule has 1 aromatic heterocycles. The fourth-order valence-electron chi connectivity index (χ4n) is 3.06. The number of ether oxygens (including phenoxy) is 1. The van der Waals surface area contributed by atoms with Crippen LogP contribution in [0.1, 0.15) is 45.1 Å². The molecule has 1 saturated carbocycles. The third kappa shape index (κ3) is 7.38. The molecule has 1 heterocycles. The van der Waals surface area contributed by atoms with Gasteiger partial charge in [-0.2, -0.15) is 0 Å². The Hall–Kier alpha value is -0.900. The minimum Gasteiger partial charge on any atom is -0.481 e. The number of nitrogens with zero attached hydrogens (tertiary/aromatic N) is 2. The number of pyridine rings is 1. The largest absolute Gasteiger partial charge is 0.481 e. The minimum atomic E-state index is -0.710. The summed E-state index contributed by atoms with van der Waals surface area (Å²) in [5, 5.41) is 7.13. The highest BCUT2D eigenvalue weighted by atomic mass is 127. The zero-order chi connectivity index (χ0) is 18.1. The van der Waals surface area contributed by atoms with E-state index >= 15 is 0 Å². The van der Waals surface area contributed by atoms with Crippen molar-refractivity contribution >= 4 is 40.7 Å². The van der Waals surface area contributed by atoms with Crippen molar-refractivity contribution in [1.82, 2.24) is 15.6 Å². The molecule has 1 aromatic rings. The van der Waals surface area contributed by atoms with Gasteiger partial charge in [0.15, 0.2) is 5.96 Å². The molecule has 2 N–H and O–H groups in total. The van der Waals surface area contributed by atoms with Crippen LogP contribution in [-0.2, 0) is 17.3 Å². The van der Waals surface area contributed by atoms with E-state index in [2.05, 4.69) is 27.5 Å². The highest BCUT2D eigenvalue weighted by molar-refractivity contribution is 14.0. The van der Waals surface area contributed by atoms with Gasteiger partial charge < -0.3 is 15.4 Å². The van der Waals surface area contributed by atoms with Crippen LogP contribution in [0, 0.1) is 0 Å². The van der Waals surface area contributed by atoms with E-state index in [0.717, 1.165) is 49.5 Å². The topological polar surface area (TPSA) is 75.6 Å². The summed E-state index contributed by atoms with van der Waals surface area (Å²) in [6, 6.07) is 4.15. The lowest BCUT2D eigenvalue weighted by Crippen LogP contribution is -2.46. The maximum Gasteiger partial charge on any atom is 0.212 e. The van der Waals surface area contributed by atoms with E-state index in [1.807, 2.05) is 19.1 Å². The first-order valence-electron chi connectivity index (χ1n) is 9.07. The summed E-state index contributed by atoms with van der Waals surface area (Å²) in [4.78, 5) is 8.87. The predicted octanol–water partition coefficient (Wildman–Crippen LogP) is 2.84. The van der Waals surface area contributed by atoms with Crippen molar-refractivity contribution in [3.63, 3.8) is 0 Å². The first-order chi connectivity index (χ1) is 12.2. The molecule has 3 atom stereocenters. The maximum absolute atomic E-state index is 12.1. The minimum absolute atomic E-state index is 0. The lowest BCUT2D eigenvalue weighted by Gasteiger charge is -2.30. The van der Waals surface area contributed by atoms with Crippen LogP contribution in [0.25, 0.3) is 0 Å². The lowest BCUT2D eigenvalue weighted by molar-refractivity contribution is 0.397. The van der Waals surface area contributed by atoms with Crippen molar-refractivity contribution in [1.29, 1.82) is 0 Å². The molecule has 1 aliphatic carbocycles. The second-order valence-electron chi connectivity index (χ2n) is 6.20. The molecular formula is C18H31IN4O2S. The van der Waals surface area contributed by atoms with Gasteiger partial charge in [0, 0.05) is 46.7 Å². The molecule has 148 valence electrons. The van der Waals surface area contributed by atoms with Gasteiger partial charge >= 0.3 is 0 Å². The molecule has 0 aliphatic heterocycles. The lowest BCUT2D eigenvalue weighted by atomic mass is 9.95. The van der Waals surface area contributed by atoms with Crippen molar-refractivity contribution in [2.75, 3.05) is 19.4 Å². The molecule has 1 aliphatic rings. The quantitative estimate of drug-likeness (QED) is 0.347. The molecule has 2 rings (SSSR count). The van der Waals surface area contributed by atoms with Crippen molar-refractivity contribution in [3.05, 3.63) is 23.9 Å². The first-order valence-corrected chi connectivity index (χ1v) is 10.4. The standard InChI is InChI=1S/C18H30N4O2S.HI/c1-4-19-18(21-13-14-9-10-17(24-3)20-12-14)22-15-7-6-8-16(11-15)25(23)5-2;/h9-10,12,15-16H,4-8,11,13H2,1-3H3,(H2,19,21,22);1H. The number of methoxy groups -OCH3 is 1. The van der Waals surface area contributed by atoms with E-state index < -0.39 is 10.8 Å². The third-order valence-corrected chi connectivity index (χ3v) is 6.13. The molecule has 1 fully saturated rings. The molecule has 0 spiro atoms. The average Bonchev–Trinajstić information content (AvgIpc) is 2.66. The van der Waals surface area contributed by atoms with Gasteiger partial charge in [-0.3, -0.25) is 4.21 Å². The van der Waals surface area contributed by atoms with Crippen LogP contribution in [0.2, 0.25) is 0 Å². The van der Waals surface area contributed by atoms with Crippen LogP contribution in [0.4, 0.5) is 0 Å². The monoisotopic (exact) mass is 494 g/mol. The fourth-order valence-corrected chi connectivity index (χ4v) is 4.41. The molecular weight excluding hydrogens is 463 g/mol. The van der Waals surface area contributed by atoms with Crippen LogP contribution in [0.3, 0.4) is 0 Å². The number of hydrogen-bond donors (Lipinski definition) is 2. The summed E-state index contributed by atoms with van der Waals surface area (Å²) in [6.45, 7) is 5.43. The van der Waals surface area contributed by atoms with E-state index in [0.29, 0.717) is 23.7 Å². The zero-order valence-electron chi connectivity index (χ0n) is 15.9. The van der Waals surface area contributed by atoms with Crippen LogP contribution in [0.15, 0.2) is 23.3 Å². The molecule has 8 heteroatoms. The summed E-state index contributed by atoms with van der Waals surface area (Å²) in [5.41, 5.74) is 1.03. The van der Waals surface area contributed by atoms with Gasteiger partial charge in [0.25, 0.3) is 0 Å². The van der Waals surface area contributed by atoms with Crippen molar-refractivity contribution in [2.24, 2.45) is 4.99 Å². The Kier molecular flexibility index (Phi) is 11.1. The Bertz CT molecular complexity index is 583. The number of rotatable bonds is 7. The number of halogens is 1. The van der Waals surface area contributed by atoms with Crippen molar-refractivity contribution < 1.29 is 8.95 Å². The predicted molar refractivity (Wildman–Crippen MR) is 119 cm³/mol. The van der Waals surface area contributed by atoms with E-state index in [-0.39, 0.29) is 24.0 Å².